The molecule has 0 unspecified atom stereocenters. The van der Waals surface area contributed by atoms with Crippen LogP contribution in [0.2, 0.25) is 0 Å². The lowest BCUT2D eigenvalue weighted by Gasteiger charge is -2.45. The van der Waals surface area contributed by atoms with Crippen molar-refractivity contribution in [3.8, 4) is 0 Å². The van der Waals surface area contributed by atoms with E-state index in [0.29, 0.717) is 37.9 Å². The number of carbonyl (C=O) groups is 1. The summed E-state index contributed by atoms with van der Waals surface area (Å²) in [5.41, 5.74) is 2.52. The van der Waals surface area contributed by atoms with E-state index in [0.717, 1.165) is 51.8 Å². The topological polar surface area (TPSA) is 81.0 Å². The molecular formula is C34H43NO4S. The summed E-state index contributed by atoms with van der Waals surface area (Å²) in [6.07, 6.45) is 6.88. The van der Waals surface area contributed by atoms with Gasteiger partial charge in [-0.25, -0.2) is 0 Å². The fourth-order valence-electron chi connectivity index (χ4n) is 7.12. The summed E-state index contributed by atoms with van der Waals surface area (Å²) in [6.45, 7) is 5.37. The minimum atomic E-state index is -0.951. The highest BCUT2D eigenvalue weighted by Crippen LogP contribution is 2.58. The third kappa shape index (κ3) is 5.70. The molecule has 1 fully saturated rings. The van der Waals surface area contributed by atoms with Crippen molar-refractivity contribution in [1.82, 2.24) is 4.90 Å². The van der Waals surface area contributed by atoms with Crippen LogP contribution in [0.5, 0.6) is 0 Å². The Morgan fingerprint density at radius 1 is 1.12 bits per heavy atom. The summed E-state index contributed by atoms with van der Waals surface area (Å²) in [7, 11) is 1.95. The number of aliphatic hydroxyl groups is 3. The molecule has 6 heteroatoms. The van der Waals surface area contributed by atoms with Crippen LogP contribution in [0, 0.1) is 5.41 Å². The number of hydrogen-bond acceptors (Lipinski definition) is 6. The van der Waals surface area contributed by atoms with Gasteiger partial charge in [-0.3, -0.25) is 4.79 Å². The number of rotatable bonds is 6. The maximum atomic E-state index is 14.2. The molecule has 0 saturated heterocycles. The summed E-state index contributed by atoms with van der Waals surface area (Å²) in [6, 6.07) is 16.3. The van der Waals surface area contributed by atoms with Crippen LogP contribution >= 0.6 is 11.3 Å². The van der Waals surface area contributed by atoms with Crippen LogP contribution in [-0.4, -0.2) is 64.5 Å². The van der Waals surface area contributed by atoms with Crippen molar-refractivity contribution in [2.75, 3.05) is 26.7 Å². The Morgan fingerprint density at radius 3 is 2.70 bits per heavy atom. The highest BCUT2D eigenvalue weighted by Gasteiger charge is 2.57. The van der Waals surface area contributed by atoms with Crippen LogP contribution in [0.25, 0.3) is 10.1 Å². The normalized spacial score (nSPS) is 27.5. The average Bonchev–Trinajstić information content (AvgIpc) is 3.46. The van der Waals surface area contributed by atoms with Gasteiger partial charge in [0.05, 0.1) is 23.2 Å². The van der Waals surface area contributed by atoms with Gasteiger partial charge in [-0.05, 0) is 99.5 Å². The highest BCUT2D eigenvalue weighted by atomic mass is 32.1. The molecule has 40 heavy (non-hydrogen) atoms. The third-order valence-electron chi connectivity index (χ3n) is 9.58. The predicted octanol–water partition coefficient (Wildman–Crippen LogP) is 6.09. The summed E-state index contributed by atoms with van der Waals surface area (Å²) in [5, 5.41) is 33.7. The van der Waals surface area contributed by atoms with E-state index in [4.69, 9.17) is 0 Å². The minimum Gasteiger partial charge on any atom is -0.395 e. The first-order valence-corrected chi connectivity index (χ1v) is 15.5. The lowest BCUT2D eigenvalue weighted by Crippen LogP contribution is -2.52. The van der Waals surface area contributed by atoms with Crippen LogP contribution in [0.3, 0.4) is 0 Å². The molecule has 2 aromatic carbocycles. The number of carbonyl (C=O) groups excluding carboxylic acids is 1. The largest absolute Gasteiger partial charge is 0.395 e. The van der Waals surface area contributed by atoms with E-state index < -0.39 is 17.1 Å². The Balaban J connectivity index is 1.62. The highest BCUT2D eigenvalue weighted by molar-refractivity contribution is 7.21. The molecule has 0 radical (unpaired) electrons. The smallest absolute Gasteiger partial charge is 0.203 e. The van der Waals surface area contributed by atoms with Gasteiger partial charge in [-0.1, -0.05) is 48.9 Å². The van der Waals surface area contributed by atoms with Crippen molar-refractivity contribution >= 4 is 27.2 Å². The molecule has 0 amide bonds. The van der Waals surface area contributed by atoms with E-state index in [9.17, 15) is 20.1 Å². The number of aliphatic hydroxyl groups excluding tert-OH is 2. The van der Waals surface area contributed by atoms with Crippen molar-refractivity contribution < 1.29 is 20.1 Å². The molecule has 4 atom stereocenters. The number of hydrogen-bond donors (Lipinski definition) is 3. The Kier molecular flexibility index (Phi) is 8.65. The van der Waals surface area contributed by atoms with Crippen LogP contribution in [0.4, 0.5) is 0 Å². The first-order valence-electron chi connectivity index (χ1n) is 14.6. The maximum absolute atomic E-state index is 14.2. The van der Waals surface area contributed by atoms with Crippen molar-refractivity contribution in [2.24, 2.45) is 5.41 Å². The lowest BCUT2D eigenvalue weighted by molar-refractivity contribution is -0.0810. The van der Waals surface area contributed by atoms with Gasteiger partial charge in [-0.2, -0.15) is 0 Å². The van der Waals surface area contributed by atoms with Crippen molar-refractivity contribution in [3.63, 3.8) is 0 Å². The molecule has 2 bridgehead atoms. The van der Waals surface area contributed by atoms with Crippen LogP contribution in [0.1, 0.15) is 84.7 Å². The quantitative estimate of drug-likeness (QED) is 0.251. The number of fused-ring (bicyclic) bond motifs is 9. The number of thiophene rings is 1. The van der Waals surface area contributed by atoms with Gasteiger partial charge in [0.15, 0.2) is 0 Å². The second-order valence-electron chi connectivity index (χ2n) is 12.4. The zero-order valence-electron chi connectivity index (χ0n) is 24.0. The van der Waals surface area contributed by atoms with Crippen molar-refractivity contribution in [1.29, 1.82) is 0 Å². The molecule has 5 nitrogen and oxygen atoms in total. The van der Waals surface area contributed by atoms with Crippen LogP contribution < -0.4 is 0 Å². The molecular weight excluding hydrogens is 518 g/mol. The van der Waals surface area contributed by atoms with Gasteiger partial charge in [0.2, 0.25) is 5.78 Å². The number of ketones is 1. The lowest BCUT2D eigenvalue weighted by atomic mass is 9.64. The molecule has 3 aliphatic rings. The monoisotopic (exact) mass is 561 g/mol. The first-order chi connectivity index (χ1) is 19.1. The third-order valence-corrected chi connectivity index (χ3v) is 10.7. The number of nitrogens with zero attached hydrogens (tertiary/aromatic N) is 1. The second kappa shape index (κ2) is 11.9. The molecule has 3 N–H and O–H groups in total. The molecule has 3 aromatic rings. The molecule has 0 aliphatic heterocycles. The van der Waals surface area contributed by atoms with Gasteiger partial charge in [0.25, 0.3) is 0 Å². The Labute approximate surface area is 242 Å². The fourth-order valence-corrected chi connectivity index (χ4v) is 8.14. The van der Waals surface area contributed by atoms with E-state index in [1.807, 2.05) is 42.3 Å². The van der Waals surface area contributed by atoms with E-state index >= 15 is 0 Å². The number of allylic oxidation sites excluding steroid dienone is 2. The molecule has 6 rings (SSSR count). The van der Waals surface area contributed by atoms with Crippen molar-refractivity contribution in [3.05, 3.63) is 81.7 Å². The molecule has 3 aliphatic carbocycles. The number of benzene rings is 2. The summed E-state index contributed by atoms with van der Waals surface area (Å²) >= 11 is 1.53. The summed E-state index contributed by atoms with van der Waals surface area (Å²) in [5.74, 6) is 0.0227. The Bertz CT molecular complexity index is 1360. The summed E-state index contributed by atoms with van der Waals surface area (Å²) < 4.78 is 1.09. The summed E-state index contributed by atoms with van der Waals surface area (Å²) in [4.78, 5) is 17.0. The molecule has 1 aromatic heterocycles. The van der Waals surface area contributed by atoms with Gasteiger partial charge in [0.1, 0.15) is 0 Å². The standard InChI is InChI=1S/C34H43NO4S/c1-23-7-6-15-33(2)29(14-16-34(33,39)22-35(3)17-18-36)27-13-11-24(19-26(37)12-10-23)20-28(27)32(38)31-21-25-8-4-5-9-30(25)40-31/h4-5,7-9,11,13,20-21,26,29,36-37,39H,6,10,12,14-19,22H2,1-3H3/t26-,29-,33-,34+/m0/s1. The minimum absolute atomic E-state index is 0.00368. The zero-order chi connectivity index (χ0) is 28.5. The van der Waals surface area contributed by atoms with Gasteiger partial charge >= 0.3 is 0 Å². The second-order valence-corrected chi connectivity index (χ2v) is 13.5. The van der Waals surface area contributed by atoms with Crippen LogP contribution in [-0.2, 0) is 6.42 Å². The van der Waals surface area contributed by atoms with Gasteiger partial charge in [0, 0.05) is 28.8 Å². The van der Waals surface area contributed by atoms with E-state index in [1.54, 1.807) is 0 Å². The van der Waals surface area contributed by atoms with E-state index in [1.165, 1.54) is 16.9 Å². The Morgan fingerprint density at radius 2 is 1.93 bits per heavy atom. The van der Waals surface area contributed by atoms with Gasteiger partial charge < -0.3 is 20.2 Å². The van der Waals surface area contributed by atoms with Crippen LogP contribution in [0.15, 0.2) is 60.2 Å². The van der Waals surface area contributed by atoms with E-state index in [2.05, 4.69) is 38.1 Å². The zero-order valence-corrected chi connectivity index (χ0v) is 24.8. The fraction of sp³-hybridized carbons (Fsp3) is 0.500. The predicted molar refractivity (Wildman–Crippen MR) is 163 cm³/mol. The molecule has 214 valence electrons. The number of likely N-dealkylation sites (N-methyl/N-ethyl adjacent to an activating group) is 1. The first kappa shape index (κ1) is 29.2. The van der Waals surface area contributed by atoms with Gasteiger partial charge in [-0.15, -0.1) is 11.3 Å². The average molecular weight is 562 g/mol. The molecule has 1 saturated carbocycles. The maximum Gasteiger partial charge on any atom is 0.203 e. The van der Waals surface area contributed by atoms with Crippen molar-refractivity contribution in [2.45, 2.75) is 76.4 Å². The molecule has 1 heterocycles. The van der Waals surface area contributed by atoms with E-state index in [-0.39, 0.29) is 18.3 Å². The SMILES string of the molecule is CC1=CCC[C@@]2(C)[C@@H](CC[C@@]2(O)CN(C)CCO)c2ccc(cc2C(=O)c2cc3ccccc3s2)C[C@@H](O)CC1. The molecule has 0 spiro atoms. The Hall–Kier alpha value is -2.35.